The maximum absolute atomic E-state index is 11.5. The number of anilines is 1. The van der Waals surface area contributed by atoms with E-state index in [1.807, 2.05) is 25.1 Å². The van der Waals surface area contributed by atoms with Crippen LogP contribution >= 0.6 is 15.9 Å². The van der Waals surface area contributed by atoms with Gasteiger partial charge in [-0.15, -0.1) is 0 Å². The van der Waals surface area contributed by atoms with Crippen molar-refractivity contribution in [2.24, 2.45) is 0 Å². The number of benzene rings is 1. The highest BCUT2D eigenvalue weighted by molar-refractivity contribution is 9.10. The van der Waals surface area contributed by atoms with E-state index < -0.39 is 5.91 Å². The minimum atomic E-state index is -0.392. The quantitative estimate of drug-likeness (QED) is 0.731. The molecule has 1 saturated heterocycles. The lowest BCUT2D eigenvalue weighted by Crippen LogP contribution is -2.27. The molecule has 0 aliphatic carbocycles. The van der Waals surface area contributed by atoms with E-state index >= 15 is 0 Å². The lowest BCUT2D eigenvalue weighted by atomic mass is 10.2. The lowest BCUT2D eigenvalue weighted by molar-refractivity contribution is -0.133. The number of ketones is 1. The molecule has 2 rings (SSSR count). The number of carbonyl (C=O) groups is 2. The van der Waals surface area contributed by atoms with Crippen LogP contribution in [0.25, 0.3) is 0 Å². The Labute approximate surface area is 96.2 Å². The third-order valence-corrected chi connectivity index (χ3v) is 3.44. The highest BCUT2D eigenvalue weighted by atomic mass is 79.9. The molecule has 1 aliphatic heterocycles. The molecule has 0 unspecified atom stereocenters. The Kier molecular flexibility index (Phi) is 2.61. The summed E-state index contributed by atoms with van der Waals surface area (Å²) in [5.41, 5.74) is 1.81. The minimum Gasteiger partial charge on any atom is -0.305 e. The number of hydrogen-bond acceptors (Lipinski definition) is 2. The number of halogens is 1. The minimum absolute atomic E-state index is 0.297. The molecule has 0 saturated carbocycles. The van der Waals surface area contributed by atoms with Gasteiger partial charge < -0.3 is 4.90 Å². The van der Waals surface area contributed by atoms with Gasteiger partial charge in [-0.25, -0.2) is 0 Å². The van der Waals surface area contributed by atoms with Crippen molar-refractivity contribution in [3.63, 3.8) is 0 Å². The average molecular weight is 268 g/mol. The van der Waals surface area contributed by atoms with Gasteiger partial charge in [-0.05, 0) is 24.6 Å². The molecular formula is C11H10BrNO2. The molecule has 1 aliphatic rings. The van der Waals surface area contributed by atoms with Crippen molar-refractivity contribution in [2.75, 3.05) is 11.4 Å². The van der Waals surface area contributed by atoms with Crippen molar-refractivity contribution in [3.8, 4) is 0 Å². The van der Waals surface area contributed by atoms with Crippen LogP contribution in [0.3, 0.4) is 0 Å². The van der Waals surface area contributed by atoms with Gasteiger partial charge in [0, 0.05) is 23.1 Å². The molecule has 1 aromatic carbocycles. The number of Topliss-reactive ketones (excluding diaryl/α,β-unsaturated/α-hetero) is 1. The second-order valence-corrected chi connectivity index (χ2v) is 4.37. The molecule has 1 heterocycles. The Bertz CT molecular complexity index is 442. The van der Waals surface area contributed by atoms with Crippen LogP contribution in [-0.2, 0) is 9.59 Å². The number of carbonyl (C=O) groups excluding carboxylic acids is 2. The Balaban J connectivity index is 2.43. The molecule has 0 N–H and O–H groups in total. The van der Waals surface area contributed by atoms with Crippen molar-refractivity contribution in [1.82, 2.24) is 0 Å². The SMILES string of the molecule is Cc1c(Br)cccc1N1CCC(=O)C1=O. The molecule has 4 heteroatoms. The van der Waals surface area contributed by atoms with Gasteiger partial charge in [-0.2, -0.15) is 0 Å². The van der Waals surface area contributed by atoms with Crippen LogP contribution < -0.4 is 4.90 Å². The summed E-state index contributed by atoms with van der Waals surface area (Å²) >= 11 is 3.41. The van der Waals surface area contributed by atoms with Crippen LogP contribution in [0, 0.1) is 6.92 Å². The van der Waals surface area contributed by atoms with Crippen molar-refractivity contribution < 1.29 is 9.59 Å². The van der Waals surface area contributed by atoms with Crippen molar-refractivity contribution >= 4 is 33.3 Å². The van der Waals surface area contributed by atoms with Crippen LogP contribution in [0.2, 0.25) is 0 Å². The molecule has 0 atom stereocenters. The van der Waals surface area contributed by atoms with E-state index in [9.17, 15) is 9.59 Å². The molecule has 1 amide bonds. The average Bonchev–Trinajstić information content (AvgIpc) is 2.53. The second-order valence-electron chi connectivity index (χ2n) is 3.51. The van der Waals surface area contributed by atoms with E-state index in [0.29, 0.717) is 13.0 Å². The first-order chi connectivity index (χ1) is 7.11. The van der Waals surface area contributed by atoms with Gasteiger partial charge in [0.1, 0.15) is 0 Å². The first kappa shape index (κ1) is 10.4. The zero-order valence-corrected chi connectivity index (χ0v) is 9.87. The van der Waals surface area contributed by atoms with E-state index in [0.717, 1.165) is 15.7 Å². The largest absolute Gasteiger partial charge is 0.305 e. The number of amides is 1. The zero-order valence-electron chi connectivity index (χ0n) is 8.29. The van der Waals surface area contributed by atoms with Crippen molar-refractivity contribution in [3.05, 3.63) is 28.2 Å². The molecule has 0 radical (unpaired) electrons. The van der Waals surface area contributed by atoms with E-state index in [1.165, 1.54) is 0 Å². The van der Waals surface area contributed by atoms with E-state index in [4.69, 9.17) is 0 Å². The van der Waals surface area contributed by atoms with E-state index in [2.05, 4.69) is 15.9 Å². The molecule has 1 fully saturated rings. The molecule has 0 bridgehead atoms. The molecule has 0 spiro atoms. The highest BCUT2D eigenvalue weighted by Crippen LogP contribution is 2.28. The Morgan fingerprint density at radius 2 is 2.07 bits per heavy atom. The fourth-order valence-electron chi connectivity index (χ4n) is 1.69. The van der Waals surface area contributed by atoms with Gasteiger partial charge >= 0.3 is 0 Å². The standard InChI is InChI=1S/C11H10BrNO2/c1-7-8(12)3-2-4-9(7)13-6-5-10(14)11(13)15/h2-4H,5-6H2,1H3. The predicted octanol–water partition coefficient (Wildman–Crippen LogP) is 2.06. The van der Waals surface area contributed by atoms with Crippen molar-refractivity contribution in [2.45, 2.75) is 13.3 Å². The highest BCUT2D eigenvalue weighted by Gasteiger charge is 2.31. The Morgan fingerprint density at radius 1 is 1.33 bits per heavy atom. The van der Waals surface area contributed by atoms with Gasteiger partial charge in [0.05, 0.1) is 0 Å². The maximum atomic E-state index is 11.5. The smallest absolute Gasteiger partial charge is 0.294 e. The molecule has 15 heavy (non-hydrogen) atoms. The Morgan fingerprint density at radius 3 is 2.67 bits per heavy atom. The topological polar surface area (TPSA) is 37.4 Å². The van der Waals surface area contributed by atoms with E-state index in [1.54, 1.807) is 4.90 Å². The zero-order chi connectivity index (χ0) is 11.0. The first-order valence-electron chi connectivity index (χ1n) is 4.71. The second kappa shape index (κ2) is 3.77. The maximum Gasteiger partial charge on any atom is 0.294 e. The predicted molar refractivity (Wildman–Crippen MR) is 60.9 cm³/mol. The van der Waals surface area contributed by atoms with Gasteiger partial charge in [0.2, 0.25) is 5.78 Å². The lowest BCUT2D eigenvalue weighted by Gasteiger charge is -2.17. The van der Waals surface area contributed by atoms with Crippen molar-refractivity contribution in [1.29, 1.82) is 0 Å². The normalized spacial score (nSPS) is 16.3. The summed E-state index contributed by atoms with van der Waals surface area (Å²) in [5.74, 6) is -0.689. The van der Waals surface area contributed by atoms with Crippen LogP contribution in [0.15, 0.2) is 22.7 Å². The fourth-order valence-corrected chi connectivity index (χ4v) is 2.05. The number of rotatable bonds is 1. The van der Waals surface area contributed by atoms with Gasteiger partial charge in [0.15, 0.2) is 0 Å². The molecule has 1 aromatic rings. The Hall–Kier alpha value is -1.16. The van der Waals surface area contributed by atoms with Crippen LogP contribution in [0.4, 0.5) is 5.69 Å². The summed E-state index contributed by atoms with van der Waals surface area (Å²) < 4.78 is 0.951. The third-order valence-electron chi connectivity index (χ3n) is 2.58. The molecule has 78 valence electrons. The summed E-state index contributed by atoms with van der Waals surface area (Å²) in [6.07, 6.45) is 0.324. The summed E-state index contributed by atoms with van der Waals surface area (Å²) in [6, 6.07) is 5.64. The number of hydrogen-bond donors (Lipinski definition) is 0. The van der Waals surface area contributed by atoms with Gasteiger partial charge in [-0.3, -0.25) is 9.59 Å². The third kappa shape index (κ3) is 1.69. The van der Waals surface area contributed by atoms with Gasteiger partial charge in [0.25, 0.3) is 5.91 Å². The molecule has 3 nitrogen and oxygen atoms in total. The first-order valence-corrected chi connectivity index (χ1v) is 5.50. The number of nitrogens with zero attached hydrogens (tertiary/aromatic N) is 1. The molecule has 0 aromatic heterocycles. The van der Waals surface area contributed by atoms with E-state index in [-0.39, 0.29) is 5.78 Å². The monoisotopic (exact) mass is 267 g/mol. The molecular weight excluding hydrogens is 258 g/mol. The van der Waals surface area contributed by atoms with Crippen LogP contribution in [0.5, 0.6) is 0 Å². The van der Waals surface area contributed by atoms with Crippen LogP contribution in [0.1, 0.15) is 12.0 Å². The van der Waals surface area contributed by atoms with Gasteiger partial charge in [-0.1, -0.05) is 22.0 Å². The summed E-state index contributed by atoms with van der Waals surface area (Å²) in [4.78, 5) is 24.2. The summed E-state index contributed by atoms with van der Waals surface area (Å²) in [7, 11) is 0. The fraction of sp³-hybridized carbons (Fsp3) is 0.273. The summed E-state index contributed by atoms with van der Waals surface area (Å²) in [6.45, 7) is 2.42. The van der Waals surface area contributed by atoms with Crippen LogP contribution in [-0.4, -0.2) is 18.2 Å². The summed E-state index contributed by atoms with van der Waals surface area (Å²) in [5, 5.41) is 0.